The van der Waals surface area contributed by atoms with Gasteiger partial charge in [0.2, 0.25) is 0 Å². The lowest BCUT2D eigenvalue weighted by Crippen LogP contribution is -2.55. The molecular weight excluding hydrogens is 519 g/mol. The molecular formula is C23H33IN6O2. The number of hydrogen-bond donors (Lipinski definition) is 1. The molecule has 0 saturated carbocycles. The Bertz CT molecular complexity index is 874. The first-order chi connectivity index (χ1) is 15.2. The molecule has 0 radical (unpaired) electrons. The monoisotopic (exact) mass is 552 g/mol. The predicted molar refractivity (Wildman–Crippen MR) is 135 cm³/mol. The van der Waals surface area contributed by atoms with Crippen LogP contribution >= 0.6 is 24.0 Å². The molecule has 4 rings (SSSR count). The fourth-order valence-corrected chi connectivity index (χ4v) is 4.05. The van der Waals surface area contributed by atoms with Crippen molar-refractivity contribution >= 4 is 35.8 Å². The Labute approximate surface area is 207 Å². The van der Waals surface area contributed by atoms with Crippen molar-refractivity contribution in [1.82, 2.24) is 24.9 Å². The maximum absolute atomic E-state index is 12.6. The SMILES string of the molecule is CCNC(=NCc1cnn(Cc2ccccc2)c1)N1CCN(C(=O)C2CCCO2)CC1.I. The van der Waals surface area contributed by atoms with E-state index >= 15 is 0 Å². The van der Waals surface area contributed by atoms with Crippen molar-refractivity contribution < 1.29 is 9.53 Å². The maximum Gasteiger partial charge on any atom is 0.251 e. The van der Waals surface area contributed by atoms with Crippen LogP contribution in [0.25, 0.3) is 0 Å². The zero-order valence-electron chi connectivity index (χ0n) is 18.7. The van der Waals surface area contributed by atoms with E-state index in [1.165, 1.54) is 5.56 Å². The summed E-state index contributed by atoms with van der Waals surface area (Å²) in [6.45, 7) is 7.88. The summed E-state index contributed by atoms with van der Waals surface area (Å²) in [5.74, 6) is 1.03. The van der Waals surface area contributed by atoms with E-state index in [1.54, 1.807) is 0 Å². The molecule has 2 aromatic rings. The smallest absolute Gasteiger partial charge is 0.251 e. The highest BCUT2D eigenvalue weighted by molar-refractivity contribution is 14.0. The standard InChI is InChI=1S/C23H32N6O2.HI/c1-2-24-23(28-12-10-27(11-13-28)22(30)21-9-6-14-31-21)25-15-20-16-26-29(18-20)17-19-7-4-3-5-8-19;/h3-5,7-8,16,18,21H,2,6,9-15,17H2,1H3,(H,24,25);1H. The molecule has 174 valence electrons. The second-order valence-corrected chi connectivity index (χ2v) is 8.02. The van der Waals surface area contributed by atoms with Crippen LogP contribution in [0.2, 0.25) is 0 Å². The molecule has 8 nitrogen and oxygen atoms in total. The summed E-state index contributed by atoms with van der Waals surface area (Å²) in [4.78, 5) is 21.6. The Kier molecular flexibility index (Phi) is 9.34. The third kappa shape index (κ3) is 6.44. The molecule has 1 N–H and O–H groups in total. The molecule has 0 bridgehead atoms. The molecule has 32 heavy (non-hydrogen) atoms. The van der Waals surface area contributed by atoms with Crippen molar-refractivity contribution in [3.8, 4) is 0 Å². The van der Waals surface area contributed by atoms with Crippen LogP contribution in [0, 0.1) is 0 Å². The number of nitrogens with one attached hydrogen (secondary N) is 1. The first kappa shape index (κ1) is 24.5. The van der Waals surface area contributed by atoms with Crippen LogP contribution in [0.3, 0.4) is 0 Å². The molecule has 1 aromatic carbocycles. The van der Waals surface area contributed by atoms with Crippen LogP contribution in [-0.2, 0) is 22.6 Å². The lowest BCUT2D eigenvalue weighted by Gasteiger charge is -2.37. The number of aliphatic imine (C=N–C) groups is 1. The van der Waals surface area contributed by atoms with Crippen LogP contribution in [0.4, 0.5) is 0 Å². The van der Waals surface area contributed by atoms with Gasteiger partial charge in [0.05, 0.1) is 19.3 Å². The molecule has 1 atom stereocenters. The quantitative estimate of drug-likeness (QED) is 0.339. The molecule has 2 aliphatic rings. The Morgan fingerprint density at radius 2 is 1.91 bits per heavy atom. The molecule has 1 amide bonds. The average Bonchev–Trinajstić information content (AvgIpc) is 3.50. The number of ether oxygens (including phenoxy) is 1. The van der Waals surface area contributed by atoms with Gasteiger partial charge in [-0.15, -0.1) is 24.0 Å². The Morgan fingerprint density at radius 3 is 2.59 bits per heavy atom. The van der Waals surface area contributed by atoms with Gasteiger partial charge in [0.25, 0.3) is 5.91 Å². The molecule has 2 aliphatic heterocycles. The molecule has 0 aliphatic carbocycles. The van der Waals surface area contributed by atoms with Crippen molar-refractivity contribution in [2.75, 3.05) is 39.3 Å². The van der Waals surface area contributed by atoms with Crippen molar-refractivity contribution in [1.29, 1.82) is 0 Å². The molecule has 2 fully saturated rings. The maximum atomic E-state index is 12.6. The highest BCUT2D eigenvalue weighted by Crippen LogP contribution is 2.16. The van der Waals surface area contributed by atoms with Gasteiger partial charge in [0, 0.05) is 51.1 Å². The zero-order valence-corrected chi connectivity index (χ0v) is 21.0. The highest BCUT2D eigenvalue weighted by Gasteiger charge is 2.30. The van der Waals surface area contributed by atoms with Gasteiger partial charge in [-0.05, 0) is 25.3 Å². The lowest BCUT2D eigenvalue weighted by atomic mass is 10.2. The summed E-state index contributed by atoms with van der Waals surface area (Å²) in [7, 11) is 0. The number of piperazine rings is 1. The largest absolute Gasteiger partial charge is 0.368 e. The molecule has 2 saturated heterocycles. The minimum absolute atomic E-state index is 0. The lowest BCUT2D eigenvalue weighted by molar-refractivity contribution is -0.142. The highest BCUT2D eigenvalue weighted by atomic mass is 127. The van der Waals surface area contributed by atoms with E-state index in [4.69, 9.17) is 9.73 Å². The summed E-state index contributed by atoms with van der Waals surface area (Å²) < 4.78 is 7.51. The fraction of sp³-hybridized carbons (Fsp3) is 0.522. The van der Waals surface area contributed by atoms with Gasteiger partial charge in [0.1, 0.15) is 6.10 Å². The number of nitrogens with zero attached hydrogens (tertiary/aromatic N) is 5. The summed E-state index contributed by atoms with van der Waals surface area (Å²) in [6, 6.07) is 10.3. The van der Waals surface area contributed by atoms with Crippen molar-refractivity contribution in [3.05, 3.63) is 53.9 Å². The molecule has 9 heteroatoms. The Balaban J connectivity index is 0.00000289. The third-order valence-electron chi connectivity index (χ3n) is 5.72. The van der Waals surface area contributed by atoms with E-state index in [-0.39, 0.29) is 36.0 Å². The summed E-state index contributed by atoms with van der Waals surface area (Å²) >= 11 is 0. The minimum Gasteiger partial charge on any atom is -0.368 e. The van der Waals surface area contributed by atoms with Crippen molar-refractivity contribution in [3.63, 3.8) is 0 Å². The van der Waals surface area contributed by atoms with Crippen molar-refractivity contribution in [2.45, 2.75) is 39.0 Å². The number of amides is 1. The molecule has 3 heterocycles. The minimum atomic E-state index is -0.235. The predicted octanol–water partition coefficient (Wildman–Crippen LogP) is 2.34. The zero-order chi connectivity index (χ0) is 21.5. The van der Waals surface area contributed by atoms with Gasteiger partial charge in [-0.1, -0.05) is 30.3 Å². The number of hydrogen-bond acceptors (Lipinski definition) is 4. The number of aromatic nitrogens is 2. The normalized spacial score (nSPS) is 19.0. The summed E-state index contributed by atoms with van der Waals surface area (Å²) in [5.41, 5.74) is 2.31. The van der Waals surface area contributed by atoms with Gasteiger partial charge in [-0.3, -0.25) is 9.48 Å². The van der Waals surface area contributed by atoms with Gasteiger partial charge in [-0.2, -0.15) is 5.10 Å². The first-order valence-corrected chi connectivity index (χ1v) is 11.2. The number of benzene rings is 1. The van der Waals surface area contributed by atoms with Crippen LogP contribution in [0.15, 0.2) is 47.7 Å². The second-order valence-electron chi connectivity index (χ2n) is 8.02. The van der Waals surface area contributed by atoms with Crippen LogP contribution < -0.4 is 5.32 Å². The van der Waals surface area contributed by atoms with Crippen LogP contribution in [0.5, 0.6) is 0 Å². The Hall–Kier alpha value is -2.14. The molecule has 0 spiro atoms. The van der Waals surface area contributed by atoms with E-state index in [1.807, 2.05) is 34.0 Å². The number of halogens is 1. The number of carbonyl (C=O) groups is 1. The van der Waals surface area contributed by atoms with Crippen LogP contribution in [0.1, 0.15) is 30.9 Å². The first-order valence-electron chi connectivity index (χ1n) is 11.2. The van der Waals surface area contributed by atoms with Gasteiger partial charge >= 0.3 is 0 Å². The number of rotatable bonds is 6. The van der Waals surface area contributed by atoms with Gasteiger partial charge in [-0.25, -0.2) is 4.99 Å². The molecule has 1 aromatic heterocycles. The van der Waals surface area contributed by atoms with Gasteiger partial charge in [0.15, 0.2) is 5.96 Å². The topological polar surface area (TPSA) is 75.0 Å². The van der Waals surface area contributed by atoms with Crippen molar-refractivity contribution in [2.24, 2.45) is 4.99 Å². The van der Waals surface area contributed by atoms with E-state index in [0.29, 0.717) is 26.2 Å². The van der Waals surface area contributed by atoms with E-state index in [9.17, 15) is 4.79 Å². The second kappa shape index (κ2) is 12.2. The van der Waals surface area contributed by atoms with Crippen LogP contribution in [-0.4, -0.2) is 76.9 Å². The fourth-order valence-electron chi connectivity index (χ4n) is 4.05. The number of guanidine groups is 1. The van der Waals surface area contributed by atoms with Gasteiger partial charge < -0.3 is 19.9 Å². The van der Waals surface area contributed by atoms with E-state index in [2.05, 4.69) is 40.6 Å². The Morgan fingerprint density at radius 1 is 1.16 bits per heavy atom. The third-order valence-corrected chi connectivity index (χ3v) is 5.72. The number of carbonyl (C=O) groups excluding carboxylic acids is 1. The van der Waals surface area contributed by atoms with E-state index < -0.39 is 0 Å². The summed E-state index contributed by atoms with van der Waals surface area (Å²) in [6.07, 6.45) is 5.53. The van der Waals surface area contributed by atoms with E-state index in [0.717, 1.165) is 50.5 Å². The molecule has 1 unspecified atom stereocenters. The average molecular weight is 552 g/mol. The summed E-state index contributed by atoms with van der Waals surface area (Å²) in [5, 5.41) is 7.86.